The molecule has 8 heteroatoms. The second-order valence-corrected chi connectivity index (χ2v) is 8.48. The minimum Gasteiger partial charge on any atom is -0.494 e. The molecule has 4 rings (SSSR count). The lowest BCUT2D eigenvalue weighted by Gasteiger charge is -2.34. The van der Waals surface area contributed by atoms with E-state index in [4.69, 9.17) is 4.74 Å². The lowest BCUT2D eigenvalue weighted by molar-refractivity contribution is 0.0627. The Kier molecular flexibility index (Phi) is 6.38. The molecule has 0 unspecified atom stereocenters. The molecule has 1 amide bonds. The first kappa shape index (κ1) is 21.5. The number of carbonyl (C=O) groups is 1. The molecule has 0 bridgehead atoms. The molecule has 2 heterocycles. The number of halogens is 2. The van der Waals surface area contributed by atoms with Crippen molar-refractivity contribution in [3.05, 3.63) is 75.8 Å². The van der Waals surface area contributed by atoms with E-state index in [1.807, 2.05) is 42.2 Å². The van der Waals surface area contributed by atoms with Gasteiger partial charge in [-0.25, -0.2) is 9.07 Å². The van der Waals surface area contributed by atoms with Gasteiger partial charge in [-0.15, -0.1) is 0 Å². The van der Waals surface area contributed by atoms with Crippen LogP contribution in [0.1, 0.15) is 21.6 Å². The average molecular weight is 487 g/mol. The predicted molar refractivity (Wildman–Crippen MR) is 120 cm³/mol. The molecular weight excluding hydrogens is 463 g/mol. The molecule has 1 aromatic heterocycles. The number of benzene rings is 2. The zero-order valence-electron chi connectivity index (χ0n) is 17.5. The van der Waals surface area contributed by atoms with Gasteiger partial charge in [0.05, 0.1) is 30.3 Å². The third kappa shape index (κ3) is 4.65. The van der Waals surface area contributed by atoms with E-state index in [9.17, 15) is 9.18 Å². The maximum absolute atomic E-state index is 13.9. The lowest BCUT2D eigenvalue weighted by atomic mass is 10.1. The maximum Gasteiger partial charge on any atom is 0.257 e. The fourth-order valence-electron chi connectivity index (χ4n) is 3.81. The Balaban J connectivity index is 1.38. The van der Waals surface area contributed by atoms with E-state index < -0.39 is 0 Å². The Morgan fingerprint density at radius 3 is 2.48 bits per heavy atom. The topological polar surface area (TPSA) is 50.6 Å². The Morgan fingerprint density at radius 1 is 1.13 bits per heavy atom. The lowest BCUT2D eigenvalue weighted by Crippen LogP contribution is -2.48. The summed E-state index contributed by atoms with van der Waals surface area (Å²) >= 11 is 3.43. The van der Waals surface area contributed by atoms with Crippen molar-refractivity contribution >= 4 is 21.8 Å². The maximum atomic E-state index is 13.9. The summed E-state index contributed by atoms with van der Waals surface area (Å²) in [6.45, 7) is 5.28. The highest BCUT2D eigenvalue weighted by molar-refractivity contribution is 9.10. The van der Waals surface area contributed by atoms with Gasteiger partial charge in [0.15, 0.2) is 11.6 Å². The van der Waals surface area contributed by atoms with Gasteiger partial charge in [-0.3, -0.25) is 9.69 Å². The molecule has 162 valence electrons. The van der Waals surface area contributed by atoms with Crippen LogP contribution in [-0.2, 0) is 6.54 Å². The third-order valence-corrected chi connectivity index (χ3v) is 6.12. The average Bonchev–Trinajstić information content (AvgIpc) is 3.16. The number of aromatic nitrogens is 2. The number of rotatable bonds is 5. The second kappa shape index (κ2) is 9.20. The van der Waals surface area contributed by atoms with Crippen LogP contribution in [0.2, 0.25) is 0 Å². The first-order chi connectivity index (χ1) is 15.0. The third-order valence-electron chi connectivity index (χ3n) is 5.59. The van der Waals surface area contributed by atoms with E-state index in [0.29, 0.717) is 25.2 Å². The summed E-state index contributed by atoms with van der Waals surface area (Å²) in [6, 6.07) is 12.8. The van der Waals surface area contributed by atoms with Crippen molar-refractivity contribution in [2.45, 2.75) is 13.5 Å². The summed E-state index contributed by atoms with van der Waals surface area (Å²) in [5, 5.41) is 4.42. The standard InChI is InChI=1S/C23H24BrFN4O2/c1-16-20(14-26-29(16)19-6-4-18(24)5-7-19)23(30)28-11-9-27(10-12-28)15-17-3-8-22(31-2)21(25)13-17/h3-8,13-14H,9-12,15H2,1-2H3. The van der Waals surface area contributed by atoms with Gasteiger partial charge in [0, 0.05) is 37.2 Å². The molecule has 1 aliphatic rings. The van der Waals surface area contributed by atoms with Crippen LogP contribution >= 0.6 is 15.9 Å². The minimum atomic E-state index is -0.355. The molecule has 1 aliphatic heterocycles. The Hall–Kier alpha value is -2.71. The molecule has 0 saturated carbocycles. The monoisotopic (exact) mass is 486 g/mol. The van der Waals surface area contributed by atoms with Crippen molar-refractivity contribution in [1.82, 2.24) is 19.6 Å². The van der Waals surface area contributed by atoms with E-state index in [1.54, 1.807) is 16.9 Å². The summed E-state index contributed by atoms with van der Waals surface area (Å²) in [4.78, 5) is 17.2. The Bertz CT molecular complexity index is 1080. The van der Waals surface area contributed by atoms with Gasteiger partial charge < -0.3 is 9.64 Å². The van der Waals surface area contributed by atoms with Gasteiger partial charge in [-0.1, -0.05) is 22.0 Å². The van der Waals surface area contributed by atoms with E-state index in [-0.39, 0.29) is 17.5 Å². The molecule has 0 aliphatic carbocycles. The molecule has 0 atom stereocenters. The van der Waals surface area contributed by atoms with Crippen LogP contribution in [0.5, 0.6) is 5.75 Å². The number of methoxy groups -OCH3 is 1. The van der Waals surface area contributed by atoms with Crippen LogP contribution in [0, 0.1) is 12.7 Å². The highest BCUT2D eigenvalue weighted by Gasteiger charge is 2.25. The smallest absolute Gasteiger partial charge is 0.257 e. The van der Waals surface area contributed by atoms with Gasteiger partial charge in [0.1, 0.15) is 0 Å². The van der Waals surface area contributed by atoms with Crippen LogP contribution in [-0.4, -0.2) is 58.8 Å². The fourth-order valence-corrected chi connectivity index (χ4v) is 4.07. The minimum absolute atomic E-state index is 0.00370. The normalized spacial score (nSPS) is 14.6. The van der Waals surface area contributed by atoms with Crippen LogP contribution in [0.15, 0.2) is 53.1 Å². The quantitative estimate of drug-likeness (QED) is 0.545. The van der Waals surface area contributed by atoms with Gasteiger partial charge >= 0.3 is 0 Å². The van der Waals surface area contributed by atoms with Crippen molar-refractivity contribution in [2.75, 3.05) is 33.3 Å². The summed E-state index contributed by atoms with van der Waals surface area (Å²) in [5.74, 6) is -0.110. The number of amides is 1. The molecule has 1 fully saturated rings. The van der Waals surface area contributed by atoms with Crippen molar-refractivity contribution in [1.29, 1.82) is 0 Å². The molecule has 31 heavy (non-hydrogen) atoms. The molecule has 1 saturated heterocycles. The first-order valence-electron chi connectivity index (χ1n) is 10.1. The van der Waals surface area contributed by atoms with Gasteiger partial charge in [0.25, 0.3) is 5.91 Å². The number of hydrogen-bond acceptors (Lipinski definition) is 4. The van der Waals surface area contributed by atoms with Crippen LogP contribution in [0.3, 0.4) is 0 Å². The number of ether oxygens (including phenoxy) is 1. The zero-order valence-corrected chi connectivity index (χ0v) is 19.1. The zero-order chi connectivity index (χ0) is 22.0. The number of hydrogen-bond donors (Lipinski definition) is 0. The van der Waals surface area contributed by atoms with Crippen LogP contribution in [0.25, 0.3) is 5.69 Å². The van der Waals surface area contributed by atoms with E-state index in [2.05, 4.69) is 25.9 Å². The van der Waals surface area contributed by atoms with Crippen molar-refractivity contribution in [2.24, 2.45) is 0 Å². The Morgan fingerprint density at radius 2 is 1.84 bits per heavy atom. The molecule has 2 aromatic carbocycles. The molecule has 6 nitrogen and oxygen atoms in total. The first-order valence-corrected chi connectivity index (χ1v) is 10.9. The van der Waals surface area contributed by atoms with E-state index in [0.717, 1.165) is 34.5 Å². The number of piperazine rings is 1. The van der Waals surface area contributed by atoms with Gasteiger partial charge in [0.2, 0.25) is 0 Å². The molecule has 3 aromatic rings. The van der Waals surface area contributed by atoms with Gasteiger partial charge in [-0.05, 0) is 48.9 Å². The highest BCUT2D eigenvalue weighted by Crippen LogP contribution is 2.21. The summed E-state index contributed by atoms with van der Waals surface area (Å²) in [5.41, 5.74) is 3.25. The van der Waals surface area contributed by atoms with Crippen molar-refractivity contribution < 1.29 is 13.9 Å². The SMILES string of the molecule is COc1ccc(CN2CCN(C(=O)c3cnn(-c4ccc(Br)cc4)c3C)CC2)cc1F. The predicted octanol–water partition coefficient (Wildman–Crippen LogP) is 4.05. The largest absolute Gasteiger partial charge is 0.494 e. The highest BCUT2D eigenvalue weighted by atomic mass is 79.9. The second-order valence-electron chi connectivity index (χ2n) is 7.57. The van der Waals surface area contributed by atoms with Crippen LogP contribution < -0.4 is 4.74 Å². The van der Waals surface area contributed by atoms with E-state index in [1.165, 1.54) is 13.2 Å². The molecule has 0 spiro atoms. The van der Waals surface area contributed by atoms with Crippen molar-refractivity contribution in [3.63, 3.8) is 0 Å². The van der Waals surface area contributed by atoms with Crippen LogP contribution in [0.4, 0.5) is 4.39 Å². The number of nitrogens with zero attached hydrogens (tertiary/aromatic N) is 4. The van der Waals surface area contributed by atoms with Crippen molar-refractivity contribution in [3.8, 4) is 11.4 Å². The fraction of sp³-hybridized carbons (Fsp3) is 0.304. The van der Waals surface area contributed by atoms with Gasteiger partial charge in [-0.2, -0.15) is 5.10 Å². The number of carbonyl (C=O) groups excluding carboxylic acids is 1. The summed E-state index contributed by atoms with van der Waals surface area (Å²) in [6.07, 6.45) is 1.65. The summed E-state index contributed by atoms with van der Waals surface area (Å²) in [7, 11) is 1.46. The Labute approximate surface area is 189 Å². The van der Waals surface area contributed by atoms with E-state index >= 15 is 0 Å². The molecule has 0 N–H and O–H groups in total. The molecule has 0 radical (unpaired) electrons. The molecular formula is C23H24BrFN4O2. The summed E-state index contributed by atoms with van der Waals surface area (Å²) < 4.78 is 21.7.